The van der Waals surface area contributed by atoms with E-state index in [1.54, 1.807) is 0 Å². The van der Waals surface area contributed by atoms with Crippen LogP contribution < -0.4 is 4.31 Å². The fourth-order valence-electron chi connectivity index (χ4n) is 4.63. The Balaban J connectivity index is 1.98. The van der Waals surface area contributed by atoms with Crippen LogP contribution in [0, 0.1) is 5.41 Å². The van der Waals surface area contributed by atoms with Gasteiger partial charge in [0.15, 0.2) is 5.71 Å². The Morgan fingerprint density at radius 3 is 2.44 bits per heavy atom. The molecule has 0 bridgehead atoms. The van der Waals surface area contributed by atoms with Crippen LogP contribution in [0.3, 0.4) is 0 Å². The summed E-state index contributed by atoms with van der Waals surface area (Å²) in [6.07, 6.45) is 3.09. The number of alkyl halides is 3. The summed E-state index contributed by atoms with van der Waals surface area (Å²) >= 11 is 0. The summed E-state index contributed by atoms with van der Waals surface area (Å²) in [6.45, 7) is 3.30. The van der Waals surface area contributed by atoms with Crippen molar-refractivity contribution in [1.82, 2.24) is 4.90 Å². The molecule has 1 heterocycles. The Morgan fingerprint density at radius 2 is 1.83 bits per heavy atom. The Hall–Kier alpha value is -2.83. The highest BCUT2D eigenvalue weighted by Crippen LogP contribution is 2.45. The maximum atomic E-state index is 13.5. The molecule has 0 radical (unpaired) electrons. The van der Waals surface area contributed by atoms with Crippen LogP contribution in [-0.2, 0) is 30.9 Å². The van der Waals surface area contributed by atoms with Crippen LogP contribution in [0.15, 0.2) is 29.4 Å². The number of amides is 2. The lowest BCUT2D eigenvalue weighted by atomic mass is 9.75. The van der Waals surface area contributed by atoms with E-state index in [9.17, 15) is 31.2 Å². The largest absolute Gasteiger partial charge is 0.517 e. The molecule has 1 aromatic rings. The number of likely N-dealkylation sites (tertiary alicyclic amines) is 1. The summed E-state index contributed by atoms with van der Waals surface area (Å²) in [6, 6.07) is 5.22. The van der Waals surface area contributed by atoms with Crippen LogP contribution in [0.1, 0.15) is 57.9 Å². The van der Waals surface area contributed by atoms with Crippen molar-refractivity contribution in [1.29, 1.82) is 0 Å². The molecular weight excluding hydrogens is 503 g/mol. The highest BCUT2D eigenvalue weighted by Gasteiger charge is 2.54. The van der Waals surface area contributed by atoms with Gasteiger partial charge in [-0.3, -0.25) is 4.79 Å². The number of hydrogen-bond acceptors (Lipinski definition) is 7. The van der Waals surface area contributed by atoms with Gasteiger partial charge >= 0.3 is 21.6 Å². The van der Waals surface area contributed by atoms with Crippen molar-refractivity contribution in [3.63, 3.8) is 0 Å². The predicted octanol–water partition coefficient (Wildman–Crippen LogP) is 4.57. The van der Waals surface area contributed by atoms with E-state index in [4.69, 9.17) is 4.84 Å². The molecule has 2 amide bonds. The molecule has 2 aliphatic rings. The fraction of sp³-hybridized carbons (Fsp3) is 0.609. The molecule has 1 saturated carbocycles. The van der Waals surface area contributed by atoms with Gasteiger partial charge in [-0.25, -0.2) is 4.79 Å². The van der Waals surface area contributed by atoms with E-state index in [1.165, 1.54) is 30.0 Å². The van der Waals surface area contributed by atoms with Crippen molar-refractivity contribution in [3.8, 4) is 0 Å². The smallest absolute Gasteiger partial charge is 0.449 e. The quantitative estimate of drug-likeness (QED) is 0.358. The number of carbonyl (C=O) groups excluding carboxylic acids is 2. The summed E-state index contributed by atoms with van der Waals surface area (Å²) in [5.41, 5.74) is -6.38. The average molecular weight is 534 g/mol. The highest BCUT2D eigenvalue weighted by molar-refractivity contribution is 7.94. The third-order valence-electron chi connectivity index (χ3n) is 6.40. The van der Waals surface area contributed by atoms with Gasteiger partial charge in [0.1, 0.15) is 6.61 Å². The Kier molecular flexibility index (Phi) is 8.52. The number of para-hydroxylation sites is 1. The van der Waals surface area contributed by atoms with Crippen molar-refractivity contribution in [2.75, 3.05) is 24.1 Å². The van der Waals surface area contributed by atoms with Crippen molar-refractivity contribution in [2.45, 2.75) is 64.4 Å². The van der Waals surface area contributed by atoms with E-state index in [-0.39, 0.29) is 24.4 Å². The van der Waals surface area contributed by atoms with Crippen LogP contribution in [0.5, 0.6) is 0 Å². The second-order valence-electron chi connectivity index (χ2n) is 8.78. The molecule has 1 spiro atoms. The number of halogens is 3. The molecule has 1 aromatic carbocycles. The van der Waals surface area contributed by atoms with Crippen LogP contribution in [0.4, 0.5) is 23.7 Å². The molecule has 0 aromatic heterocycles. The third-order valence-corrected chi connectivity index (χ3v) is 7.81. The number of ether oxygens (including phenoxy) is 1. The molecule has 1 aliphatic carbocycles. The standard InChI is InChI=1S/C23H30F3N3O6S/c1-3-15-35-27-19-20(30)28(14-13-22(19)11-7-8-12-22)16-17-9-5-6-10-18(17)29(21(31)34-4-2)36(32,33)23(24,25)26/h5-6,9-10H,3-4,7-8,11-16H2,1-2H3/b27-19-. The Morgan fingerprint density at radius 1 is 1.17 bits per heavy atom. The summed E-state index contributed by atoms with van der Waals surface area (Å²) in [5, 5.41) is 4.16. The lowest BCUT2D eigenvalue weighted by Gasteiger charge is -2.39. The van der Waals surface area contributed by atoms with Crippen molar-refractivity contribution >= 4 is 33.4 Å². The van der Waals surface area contributed by atoms with Gasteiger partial charge in [0, 0.05) is 18.5 Å². The van der Waals surface area contributed by atoms with Gasteiger partial charge in [-0.05, 0) is 44.2 Å². The molecule has 36 heavy (non-hydrogen) atoms. The first-order chi connectivity index (χ1) is 17.0. The minimum absolute atomic E-state index is 0.0305. The number of rotatable bonds is 8. The summed E-state index contributed by atoms with van der Waals surface area (Å²) < 4.78 is 69.3. The zero-order valence-electron chi connectivity index (χ0n) is 20.2. The monoisotopic (exact) mass is 533 g/mol. The Labute approximate surface area is 208 Å². The summed E-state index contributed by atoms with van der Waals surface area (Å²) in [5.74, 6) is -0.421. The molecule has 0 atom stereocenters. The first kappa shape index (κ1) is 27.8. The SMILES string of the molecule is CCCO/N=C1/C(=O)N(Cc2ccccc2N(C(=O)OCC)S(=O)(=O)C(F)(F)F)CCC12CCCC2. The molecule has 3 rings (SSSR count). The molecule has 9 nitrogen and oxygen atoms in total. The fourth-order valence-corrected chi connectivity index (χ4v) is 5.53. The van der Waals surface area contributed by atoms with E-state index in [2.05, 4.69) is 9.89 Å². The molecule has 1 aliphatic heterocycles. The van der Waals surface area contributed by atoms with Gasteiger partial charge < -0.3 is 14.5 Å². The molecule has 1 saturated heterocycles. The molecule has 0 N–H and O–H groups in total. The van der Waals surface area contributed by atoms with Crippen LogP contribution in [0.2, 0.25) is 0 Å². The molecule has 0 unspecified atom stereocenters. The molecule has 13 heteroatoms. The normalized spacial score (nSPS) is 19.1. The number of nitrogens with zero attached hydrogens (tertiary/aromatic N) is 3. The maximum Gasteiger partial charge on any atom is 0.517 e. The first-order valence-electron chi connectivity index (χ1n) is 11.8. The first-order valence-corrected chi connectivity index (χ1v) is 13.3. The van der Waals surface area contributed by atoms with Crippen molar-refractivity contribution < 1.29 is 40.8 Å². The number of anilines is 1. The lowest BCUT2D eigenvalue weighted by molar-refractivity contribution is -0.127. The zero-order valence-corrected chi connectivity index (χ0v) is 21.0. The van der Waals surface area contributed by atoms with Crippen LogP contribution >= 0.6 is 0 Å². The second-order valence-corrected chi connectivity index (χ2v) is 10.6. The summed E-state index contributed by atoms with van der Waals surface area (Å²) in [4.78, 5) is 32.6. The number of hydrogen-bond donors (Lipinski definition) is 0. The molecule has 200 valence electrons. The predicted molar refractivity (Wildman–Crippen MR) is 126 cm³/mol. The average Bonchev–Trinajstić information content (AvgIpc) is 3.28. The molecular formula is C23H30F3N3O6S. The lowest BCUT2D eigenvalue weighted by Crippen LogP contribution is -2.51. The van der Waals surface area contributed by atoms with Gasteiger partial charge in [-0.1, -0.05) is 43.1 Å². The third kappa shape index (κ3) is 5.45. The number of piperidine rings is 1. The van der Waals surface area contributed by atoms with E-state index >= 15 is 0 Å². The number of benzene rings is 1. The minimum Gasteiger partial charge on any atom is -0.449 e. The van der Waals surface area contributed by atoms with Gasteiger partial charge in [-0.15, -0.1) is 0 Å². The second kappa shape index (κ2) is 11.1. The minimum atomic E-state index is -6.12. The Bertz CT molecular complexity index is 1100. The van der Waals surface area contributed by atoms with E-state index in [0.717, 1.165) is 31.7 Å². The maximum absolute atomic E-state index is 13.5. The van der Waals surface area contributed by atoms with Gasteiger partial charge in [-0.2, -0.15) is 25.9 Å². The van der Waals surface area contributed by atoms with Gasteiger partial charge in [0.25, 0.3) is 5.91 Å². The topological polar surface area (TPSA) is 106 Å². The van der Waals surface area contributed by atoms with Crippen LogP contribution in [0.25, 0.3) is 0 Å². The number of oxime groups is 1. The van der Waals surface area contributed by atoms with E-state index < -0.39 is 42.9 Å². The van der Waals surface area contributed by atoms with Crippen molar-refractivity contribution in [2.24, 2.45) is 10.6 Å². The van der Waals surface area contributed by atoms with E-state index in [0.29, 0.717) is 26.0 Å². The zero-order chi connectivity index (χ0) is 26.6. The van der Waals surface area contributed by atoms with E-state index in [1.807, 2.05) is 6.92 Å². The van der Waals surface area contributed by atoms with Gasteiger partial charge in [0.2, 0.25) is 0 Å². The number of sulfonamides is 1. The number of carbonyl (C=O) groups is 2. The molecule has 2 fully saturated rings. The highest BCUT2D eigenvalue weighted by atomic mass is 32.2. The van der Waals surface area contributed by atoms with Crippen LogP contribution in [-0.4, -0.2) is 56.3 Å². The van der Waals surface area contributed by atoms with Gasteiger partial charge in [0.05, 0.1) is 12.3 Å². The summed E-state index contributed by atoms with van der Waals surface area (Å²) in [7, 11) is -6.12. The van der Waals surface area contributed by atoms with Crippen molar-refractivity contribution in [3.05, 3.63) is 29.8 Å².